The summed E-state index contributed by atoms with van der Waals surface area (Å²) in [5.41, 5.74) is 2.41. The lowest BCUT2D eigenvalue weighted by Crippen LogP contribution is -2.52. The van der Waals surface area contributed by atoms with Gasteiger partial charge in [0, 0.05) is 43.9 Å². The highest BCUT2D eigenvalue weighted by Gasteiger charge is 2.40. The van der Waals surface area contributed by atoms with Crippen LogP contribution in [0.4, 0.5) is 5.82 Å². The average molecular weight is 469 g/mol. The summed E-state index contributed by atoms with van der Waals surface area (Å²) in [5, 5.41) is 5.98. The molecule has 2 unspecified atom stereocenters. The van der Waals surface area contributed by atoms with Crippen molar-refractivity contribution in [3.8, 4) is 0 Å². The van der Waals surface area contributed by atoms with E-state index in [0.29, 0.717) is 30.9 Å². The van der Waals surface area contributed by atoms with Crippen molar-refractivity contribution in [1.82, 2.24) is 25.5 Å². The number of nitrogens with one attached hydrogen (secondary N) is 2. The van der Waals surface area contributed by atoms with E-state index in [1.54, 1.807) is 11.1 Å². The quantitative estimate of drug-likeness (QED) is 0.507. The lowest BCUT2D eigenvalue weighted by Gasteiger charge is -2.36. The third-order valence-electron chi connectivity index (χ3n) is 6.60. The topological polar surface area (TPSA) is 108 Å². The zero-order valence-electron chi connectivity index (χ0n) is 18.1. The maximum Gasteiger partial charge on any atom is 0.255 e. The molecule has 2 aromatic rings. The van der Waals surface area contributed by atoms with Gasteiger partial charge in [0.15, 0.2) is 0 Å². The number of benzene rings is 1. The normalized spacial score (nSPS) is 22.8. The number of amides is 3. The minimum absolute atomic E-state index is 0.169. The molecule has 3 amide bonds. The molecule has 2 fully saturated rings. The van der Waals surface area contributed by atoms with Crippen molar-refractivity contribution >= 4 is 35.1 Å². The van der Waals surface area contributed by atoms with E-state index in [1.165, 1.54) is 0 Å². The van der Waals surface area contributed by atoms with Crippen LogP contribution in [0.3, 0.4) is 0 Å². The van der Waals surface area contributed by atoms with Crippen LogP contribution in [0.25, 0.3) is 0 Å². The van der Waals surface area contributed by atoms with E-state index in [9.17, 15) is 14.4 Å². The van der Waals surface area contributed by atoms with E-state index in [0.717, 1.165) is 37.1 Å². The molecule has 10 heteroatoms. The molecule has 4 heterocycles. The zero-order chi connectivity index (χ0) is 22.9. The zero-order valence-corrected chi connectivity index (χ0v) is 18.8. The predicted molar refractivity (Wildman–Crippen MR) is 122 cm³/mol. The summed E-state index contributed by atoms with van der Waals surface area (Å²) in [7, 11) is 0. The Hall–Kier alpha value is -3.04. The summed E-state index contributed by atoms with van der Waals surface area (Å²) < 4.78 is 0. The summed E-state index contributed by atoms with van der Waals surface area (Å²) >= 11 is 6.09. The van der Waals surface area contributed by atoms with Crippen molar-refractivity contribution in [2.45, 2.75) is 50.9 Å². The molecule has 3 aliphatic rings. The number of rotatable bonds is 5. The molecule has 5 rings (SSSR count). The van der Waals surface area contributed by atoms with Gasteiger partial charge in [0.25, 0.3) is 5.91 Å². The summed E-state index contributed by atoms with van der Waals surface area (Å²) in [6.07, 6.45) is 4.27. The maximum atomic E-state index is 13.5. The summed E-state index contributed by atoms with van der Waals surface area (Å²) in [6, 6.07) is 7.23. The fraction of sp³-hybridized carbons (Fsp3) is 0.435. The van der Waals surface area contributed by atoms with Gasteiger partial charge in [-0.15, -0.1) is 0 Å². The lowest BCUT2D eigenvalue weighted by atomic mass is 10.00. The van der Waals surface area contributed by atoms with Crippen molar-refractivity contribution in [2.24, 2.45) is 0 Å². The molecule has 3 aliphatic heterocycles. The number of hydrogen-bond acceptors (Lipinski definition) is 7. The maximum absolute atomic E-state index is 13.5. The van der Waals surface area contributed by atoms with Gasteiger partial charge in [-0.3, -0.25) is 19.7 Å². The van der Waals surface area contributed by atoms with Crippen LogP contribution in [-0.2, 0) is 22.7 Å². The number of fused-ring (bicyclic) bond motifs is 1. The van der Waals surface area contributed by atoms with Gasteiger partial charge in [-0.25, -0.2) is 9.97 Å². The lowest BCUT2D eigenvalue weighted by molar-refractivity contribution is -0.136. The molecule has 9 nitrogen and oxygen atoms in total. The minimum atomic E-state index is -0.630. The average Bonchev–Trinajstić information content (AvgIpc) is 3.15. The second-order valence-electron chi connectivity index (χ2n) is 8.66. The van der Waals surface area contributed by atoms with Crippen molar-refractivity contribution in [3.63, 3.8) is 0 Å². The van der Waals surface area contributed by atoms with Crippen molar-refractivity contribution in [2.75, 3.05) is 18.0 Å². The molecule has 172 valence electrons. The smallest absolute Gasteiger partial charge is 0.255 e. The van der Waals surface area contributed by atoms with Gasteiger partial charge in [-0.2, -0.15) is 0 Å². The molecule has 1 aromatic heterocycles. The number of piperidine rings is 2. The van der Waals surface area contributed by atoms with Gasteiger partial charge in [-0.1, -0.05) is 18.2 Å². The van der Waals surface area contributed by atoms with Crippen LogP contribution in [-0.4, -0.2) is 57.8 Å². The van der Waals surface area contributed by atoms with Crippen molar-refractivity contribution in [3.05, 3.63) is 52.4 Å². The van der Waals surface area contributed by atoms with E-state index in [-0.39, 0.29) is 29.6 Å². The van der Waals surface area contributed by atoms with E-state index in [1.807, 2.05) is 24.3 Å². The van der Waals surface area contributed by atoms with Gasteiger partial charge in [0.1, 0.15) is 11.9 Å². The third kappa shape index (κ3) is 4.30. The first-order chi connectivity index (χ1) is 16.0. The molecule has 2 saturated heterocycles. The monoisotopic (exact) mass is 468 g/mol. The van der Waals surface area contributed by atoms with E-state index in [4.69, 9.17) is 11.6 Å². The van der Waals surface area contributed by atoms with Crippen LogP contribution >= 0.6 is 11.6 Å². The molecule has 1 aromatic carbocycles. The Morgan fingerprint density at radius 2 is 2.06 bits per heavy atom. The molecule has 0 radical (unpaired) electrons. The standard InChI is InChI=1S/C23H25ClN6O3/c24-23-26-10-8-18(27-23)29(16-5-2-9-25-11-16)12-14-3-1-4-15-13-30(22(33)20(14)15)17-6-7-19(31)28-21(17)32/h1,3-4,8,10,16-17,25H,2,5-7,9,11-13H2,(H,28,31,32). The number of carbonyl (C=O) groups is 3. The van der Waals surface area contributed by atoms with Crippen molar-refractivity contribution < 1.29 is 14.4 Å². The van der Waals surface area contributed by atoms with Crippen LogP contribution in [0.15, 0.2) is 30.5 Å². The number of halogens is 1. The first-order valence-corrected chi connectivity index (χ1v) is 11.6. The number of nitrogens with zero attached hydrogens (tertiary/aromatic N) is 4. The Labute approximate surface area is 196 Å². The van der Waals surface area contributed by atoms with Crippen LogP contribution in [0, 0.1) is 0 Å². The molecule has 2 atom stereocenters. The van der Waals surface area contributed by atoms with Crippen LogP contribution in [0.2, 0.25) is 5.28 Å². The number of hydrogen-bond donors (Lipinski definition) is 2. The Morgan fingerprint density at radius 3 is 2.82 bits per heavy atom. The summed E-state index contributed by atoms with van der Waals surface area (Å²) in [5.74, 6) is -0.146. The van der Waals surface area contributed by atoms with Gasteiger partial charge in [0.05, 0.1) is 0 Å². The van der Waals surface area contributed by atoms with Crippen LogP contribution in [0.5, 0.6) is 0 Å². The first kappa shape index (κ1) is 21.8. The van der Waals surface area contributed by atoms with Gasteiger partial charge >= 0.3 is 0 Å². The number of aromatic nitrogens is 2. The summed E-state index contributed by atoms with van der Waals surface area (Å²) in [4.78, 5) is 49.6. The molecular formula is C23H25ClN6O3. The van der Waals surface area contributed by atoms with Crippen molar-refractivity contribution in [1.29, 1.82) is 0 Å². The van der Waals surface area contributed by atoms with Gasteiger partial charge in [-0.05, 0) is 54.6 Å². The largest absolute Gasteiger partial charge is 0.348 e. The number of carbonyl (C=O) groups excluding carboxylic acids is 3. The fourth-order valence-electron chi connectivity index (χ4n) is 4.99. The number of imide groups is 1. The highest BCUT2D eigenvalue weighted by molar-refractivity contribution is 6.28. The molecule has 0 aliphatic carbocycles. The fourth-order valence-corrected chi connectivity index (χ4v) is 5.13. The molecule has 33 heavy (non-hydrogen) atoms. The second kappa shape index (κ2) is 9.07. The van der Waals surface area contributed by atoms with Gasteiger partial charge in [0.2, 0.25) is 17.1 Å². The Kier molecular flexibility index (Phi) is 5.99. The number of anilines is 1. The molecule has 2 N–H and O–H groups in total. The van der Waals surface area contributed by atoms with E-state index < -0.39 is 11.9 Å². The highest BCUT2D eigenvalue weighted by Crippen LogP contribution is 2.32. The molecule has 0 spiro atoms. The second-order valence-corrected chi connectivity index (χ2v) is 9.00. The van der Waals surface area contributed by atoms with Crippen LogP contribution in [0.1, 0.15) is 47.2 Å². The SMILES string of the molecule is O=C1CCC(N2Cc3cccc(CN(c4ccnc(Cl)n4)C4CCCNC4)c3C2=O)C(=O)N1. The first-order valence-electron chi connectivity index (χ1n) is 11.2. The Bertz CT molecular complexity index is 1100. The molecule has 0 bridgehead atoms. The highest BCUT2D eigenvalue weighted by atomic mass is 35.5. The Morgan fingerprint density at radius 1 is 1.18 bits per heavy atom. The summed E-state index contributed by atoms with van der Waals surface area (Å²) in [6.45, 7) is 2.64. The third-order valence-corrected chi connectivity index (χ3v) is 6.78. The van der Waals surface area contributed by atoms with Gasteiger partial charge < -0.3 is 15.1 Å². The Balaban J connectivity index is 1.45. The molecule has 0 saturated carbocycles. The van der Waals surface area contributed by atoms with E-state index in [2.05, 4.69) is 25.5 Å². The predicted octanol–water partition coefficient (Wildman–Crippen LogP) is 1.65. The van der Waals surface area contributed by atoms with Crippen LogP contribution < -0.4 is 15.5 Å². The molecular weight excluding hydrogens is 444 g/mol. The van der Waals surface area contributed by atoms with E-state index >= 15 is 0 Å². The minimum Gasteiger partial charge on any atom is -0.348 e.